The molecule has 23 heavy (non-hydrogen) atoms. The highest BCUT2D eigenvalue weighted by Gasteiger charge is 2.29. The van der Waals surface area contributed by atoms with E-state index < -0.39 is 16.2 Å². The third kappa shape index (κ3) is 3.74. The van der Waals surface area contributed by atoms with Gasteiger partial charge in [0.25, 0.3) is 10.1 Å². The van der Waals surface area contributed by atoms with Gasteiger partial charge < -0.3 is 9.47 Å². The first-order valence-corrected chi connectivity index (χ1v) is 10.4. The Morgan fingerprint density at radius 1 is 1.22 bits per heavy atom. The fourth-order valence-electron chi connectivity index (χ4n) is 1.97. The van der Waals surface area contributed by atoms with Crippen molar-refractivity contribution >= 4 is 53.3 Å². The van der Waals surface area contributed by atoms with Gasteiger partial charge >= 0.3 is 0 Å². The molecule has 3 rings (SSSR count). The SMILES string of the molecule is Cc1ccc(S(=O)(=O)OCC2COc3c(Br)sc(Br)c3O2)cc1. The Kier molecular flexibility index (Phi) is 5.03. The highest BCUT2D eigenvalue weighted by Crippen LogP contribution is 2.50. The monoisotopic (exact) mass is 482 g/mol. The largest absolute Gasteiger partial charge is 0.484 e. The van der Waals surface area contributed by atoms with Gasteiger partial charge in [0.05, 0.1) is 4.90 Å². The van der Waals surface area contributed by atoms with Crippen LogP contribution < -0.4 is 9.47 Å². The number of ether oxygens (including phenoxy) is 2. The van der Waals surface area contributed by atoms with Crippen molar-refractivity contribution in [3.8, 4) is 11.5 Å². The van der Waals surface area contributed by atoms with E-state index in [1.807, 2.05) is 6.92 Å². The zero-order valence-electron chi connectivity index (χ0n) is 11.9. The summed E-state index contributed by atoms with van der Waals surface area (Å²) in [5.41, 5.74) is 0.980. The lowest BCUT2D eigenvalue weighted by Gasteiger charge is -2.24. The van der Waals surface area contributed by atoms with Crippen LogP contribution in [0.15, 0.2) is 36.7 Å². The van der Waals surface area contributed by atoms with Crippen LogP contribution in [0.2, 0.25) is 0 Å². The molecule has 1 aromatic heterocycles. The van der Waals surface area contributed by atoms with Gasteiger partial charge in [-0.15, -0.1) is 11.3 Å². The molecule has 1 aliphatic rings. The molecule has 0 saturated heterocycles. The Morgan fingerprint density at radius 3 is 2.57 bits per heavy atom. The molecule has 0 spiro atoms. The normalized spacial score (nSPS) is 17.3. The maximum absolute atomic E-state index is 12.2. The van der Waals surface area contributed by atoms with Crippen molar-refractivity contribution in [1.29, 1.82) is 0 Å². The molecule has 9 heteroatoms. The predicted molar refractivity (Wildman–Crippen MR) is 93.9 cm³/mol. The highest BCUT2D eigenvalue weighted by molar-refractivity contribution is 9.12. The Hall–Kier alpha value is -0.610. The van der Waals surface area contributed by atoms with Crippen LogP contribution in [0, 0.1) is 6.92 Å². The predicted octanol–water partition coefficient (Wildman–Crippen LogP) is 4.13. The third-order valence-corrected chi connectivity index (χ3v) is 6.88. The number of benzene rings is 1. The molecule has 1 unspecified atom stereocenters. The maximum atomic E-state index is 12.2. The minimum Gasteiger partial charge on any atom is -0.484 e. The Bertz CT molecular complexity index is 814. The molecule has 0 radical (unpaired) electrons. The second kappa shape index (κ2) is 6.72. The molecular weight excluding hydrogens is 472 g/mol. The van der Waals surface area contributed by atoms with E-state index >= 15 is 0 Å². The summed E-state index contributed by atoms with van der Waals surface area (Å²) < 4.78 is 42.4. The standard InChI is InChI=1S/C14H12Br2O5S2/c1-8-2-4-10(5-3-8)23(17,18)20-7-9-6-19-11-12(21-9)14(16)22-13(11)15/h2-5,9H,6-7H2,1H3. The molecule has 2 heterocycles. The summed E-state index contributed by atoms with van der Waals surface area (Å²) in [7, 11) is -3.81. The second-order valence-electron chi connectivity index (χ2n) is 4.91. The van der Waals surface area contributed by atoms with Crippen LogP contribution >= 0.6 is 43.2 Å². The molecule has 0 fully saturated rings. The molecule has 0 saturated carbocycles. The van der Waals surface area contributed by atoms with Crippen molar-refractivity contribution in [2.45, 2.75) is 17.9 Å². The summed E-state index contributed by atoms with van der Waals surface area (Å²) in [6.45, 7) is 1.99. The van der Waals surface area contributed by atoms with Gasteiger partial charge in [-0.2, -0.15) is 8.42 Å². The Morgan fingerprint density at radius 2 is 1.87 bits per heavy atom. The number of hydrogen-bond donors (Lipinski definition) is 0. The van der Waals surface area contributed by atoms with Crippen LogP contribution in [0.1, 0.15) is 5.56 Å². The topological polar surface area (TPSA) is 61.8 Å². The van der Waals surface area contributed by atoms with Crippen LogP contribution in [-0.4, -0.2) is 27.7 Å². The quantitative estimate of drug-likeness (QED) is 0.612. The number of rotatable bonds is 4. The van der Waals surface area contributed by atoms with Gasteiger partial charge in [-0.1, -0.05) is 17.7 Å². The number of hydrogen-bond acceptors (Lipinski definition) is 6. The third-order valence-electron chi connectivity index (χ3n) is 3.16. The fourth-order valence-corrected chi connectivity index (χ4v) is 5.73. The van der Waals surface area contributed by atoms with Crippen molar-refractivity contribution in [2.24, 2.45) is 0 Å². The van der Waals surface area contributed by atoms with Gasteiger partial charge in [-0.3, -0.25) is 4.18 Å². The van der Waals surface area contributed by atoms with Crippen LogP contribution in [0.25, 0.3) is 0 Å². The van der Waals surface area contributed by atoms with Gasteiger partial charge in [0.15, 0.2) is 17.6 Å². The first-order valence-electron chi connectivity index (χ1n) is 6.60. The zero-order chi connectivity index (χ0) is 16.6. The highest BCUT2D eigenvalue weighted by atomic mass is 79.9. The van der Waals surface area contributed by atoms with Crippen LogP contribution in [0.3, 0.4) is 0 Å². The average molecular weight is 484 g/mol. The summed E-state index contributed by atoms with van der Waals surface area (Å²) in [6, 6.07) is 6.49. The lowest BCUT2D eigenvalue weighted by molar-refractivity contribution is 0.0554. The van der Waals surface area contributed by atoms with Gasteiger partial charge in [0.2, 0.25) is 0 Å². The Labute approximate surface area is 154 Å². The van der Waals surface area contributed by atoms with Crippen LogP contribution in [0.4, 0.5) is 0 Å². The van der Waals surface area contributed by atoms with Crippen molar-refractivity contribution in [2.75, 3.05) is 13.2 Å². The number of halogens is 2. The minimum absolute atomic E-state index is 0.116. The van der Waals surface area contributed by atoms with Gasteiger partial charge in [0, 0.05) is 0 Å². The van der Waals surface area contributed by atoms with Gasteiger partial charge in [-0.05, 0) is 50.9 Å². The molecule has 5 nitrogen and oxygen atoms in total. The summed E-state index contributed by atoms with van der Waals surface area (Å²) in [6.07, 6.45) is -0.500. The fraction of sp³-hybridized carbons (Fsp3) is 0.286. The van der Waals surface area contributed by atoms with E-state index in [1.54, 1.807) is 12.1 Å². The molecule has 2 aromatic rings. The second-order valence-corrected chi connectivity index (χ2v) is 10.2. The molecule has 0 N–H and O–H groups in total. The van der Waals surface area contributed by atoms with E-state index in [2.05, 4.69) is 31.9 Å². The van der Waals surface area contributed by atoms with E-state index in [0.29, 0.717) is 11.5 Å². The smallest absolute Gasteiger partial charge is 0.297 e. The van der Waals surface area contributed by atoms with E-state index in [0.717, 1.165) is 13.1 Å². The molecule has 124 valence electrons. The van der Waals surface area contributed by atoms with Crippen molar-refractivity contribution in [3.05, 3.63) is 37.4 Å². The molecule has 0 aliphatic carbocycles. The molecule has 0 bridgehead atoms. The lowest BCUT2D eigenvalue weighted by Crippen LogP contribution is -2.34. The maximum Gasteiger partial charge on any atom is 0.297 e. The minimum atomic E-state index is -3.81. The van der Waals surface area contributed by atoms with E-state index in [1.165, 1.54) is 23.5 Å². The summed E-state index contributed by atoms with van der Waals surface area (Å²) >= 11 is 8.21. The van der Waals surface area contributed by atoms with Crippen LogP contribution in [0.5, 0.6) is 11.5 Å². The summed E-state index contributed by atoms with van der Waals surface area (Å²) in [5.74, 6) is 1.19. The lowest BCUT2D eigenvalue weighted by atomic mass is 10.2. The van der Waals surface area contributed by atoms with Gasteiger partial charge in [0.1, 0.15) is 20.8 Å². The van der Waals surface area contributed by atoms with Crippen molar-refractivity contribution in [3.63, 3.8) is 0 Å². The average Bonchev–Trinajstić information content (AvgIpc) is 2.80. The van der Waals surface area contributed by atoms with E-state index in [4.69, 9.17) is 13.7 Å². The summed E-state index contributed by atoms with van der Waals surface area (Å²) in [5, 5.41) is 0. The Balaban J connectivity index is 1.67. The summed E-state index contributed by atoms with van der Waals surface area (Å²) in [4.78, 5) is 0.125. The molecule has 1 atom stereocenters. The molecule has 0 amide bonds. The van der Waals surface area contributed by atoms with E-state index in [-0.39, 0.29) is 18.1 Å². The molecular formula is C14H12Br2O5S2. The molecule has 1 aromatic carbocycles. The first-order chi connectivity index (χ1) is 10.9. The number of thiophene rings is 1. The zero-order valence-corrected chi connectivity index (χ0v) is 16.7. The van der Waals surface area contributed by atoms with E-state index in [9.17, 15) is 8.42 Å². The van der Waals surface area contributed by atoms with Crippen molar-refractivity contribution in [1.82, 2.24) is 0 Å². The molecule has 1 aliphatic heterocycles. The number of aryl methyl sites for hydroxylation is 1. The number of fused-ring (bicyclic) bond motifs is 1. The first kappa shape index (κ1) is 17.2. The van der Waals surface area contributed by atoms with Crippen LogP contribution in [-0.2, 0) is 14.3 Å². The van der Waals surface area contributed by atoms with Crippen molar-refractivity contribution < 1.29 is 22.1 Å². The van der Waals surface area contributed by atoms with Gasteiger partial charge in [-0.25, -0.2) is 0 Å².